The molecule has 0 atom stereocenters. The number of benzene rings is 1. The van der Waals surface area contributed by atoms with E-state index in [4.69, 9.17) is 18.0 Å². The molecule has 0 radical (unpaired) electrons. The second-order valence-corrected chi connectivity index (χ2v) is 4.41. The fraction of sp³-hybridized carbons (Fsp3) is 0.182. The van der Waals surface area contributed by atoms with Crippen LogP contribution in [0.25, 0.3) is 0 Å². The minimum absolute atomic E-state index is 0.149. The van der Waals surface area contributed by atoms with Crippen LogP contribution in [-0.2, 0) is 0 Å². The normalized spacial score (nSPS) is 9.40. The Bertz CT molecular complexity index is 412. The first-order valence-electron chi connectivity index (χ1n) is 4.32. The number of nitrogens with one attached hydrogen (secondary N) is 1. The Morgan fingerprint density at radius 3 is 2.93 bits per heavy atom. The van der Waals surface area contributed by atoms with Gasteiger partial charge >= 0.3 is 0 Å². The number of amides is 1. The molecule has 0 aliphatic heterocycles. The number of carbonyl (C=O) groups is 1. The first-order valence-corrected chi connectivity index (χ1v) is 5.77. The first kappa shape index (κ1) is 12.3. The van der Waals surface area contributed by atoms with E-state index in [-0.39, 0.29) is 5.91 Å². The number of rotatable bonds is 3. The van der Waals surface area contributed by atoms with Gasteiger partial charge in [-0.25, -0.2) is 0 Å². The molecule has 0 saturated heterocycles. The average Bonchev–Trinajstić information content (AvgIpc) is 2.22. The standard InChI is InChI=1S/C11H9ClINO/c1-2-3-6-14-11(15)8-4-5-10(13)9(12)7-8/h1,4-5,7H,3,6H2,(H,14,15). The molecule has 1 N–H and O–H groups in total. The van der Waals surface area contributed by atoms with Crippen LogP contribution in [0.3, 0.4) is 0 Å². The average molecular weight is 334 g/mol. The highest BCUT2D eigenvalue weighted by atomic mass is 127. The molecule has 0 unspecified atom stereocenters. The van der Waals surface area contributed by atoms with Crippen LogP contribution in [0.5, 0.6) is 0 Å². The second kappa shape index (κ2) is 5.99. The Balaban J connectivity index is 2.67. The Labute approximate surface area is 108 Å². The predicted octanol–water partition coefficient (Wildman–Crippen LogP) is 2.70. The molecule has 0 aliphatic carbocycles. The Kier molecular flexibility index (Phi) is 4.92. The zero-order valence-electron chi connectivity index (χ0n) is 7.89. The van der Waals surface area contributed by atoms with Gasteiger partial charge in [0, 0.05) is 22.1 Å². The third kappa shape index (κ3) is 3.73. The van der Waals surface area contributed by atoms with E-state index in [1.165, 1.54) is 0 Å². The molecule has 0 saturated carbocycles. The van der Waals surface area contributed by atoms with Gasteiger partial charge in [-0.15, -0.1) is 12.3 Å². The summed E-state index contributed by atoms with van der Waals surface area (Å²) in [5.74, 6) is 2.30. The van der Waals surface area contributed by atoms with Gasteiger partial charge in [-0.3, -0.25) is 4.79 Å². The largest absolute Gasteiger partial charge is 0.351 e. The second-order valence-electron chi connectivity index (χ2n) is 2.84. The van der Waals surface area contributed by atoms with Crippen molar-refractivity contribution in [3.05, 3.63) is 32.4 Å². The molecule has 15 heavy (non-hydrogen) atoms. The number of carbonyl (C=O) groups excluding carboxylic acids is 1. The number of halogens is 2. The molecule has 1 aromatic rings. The van der Waals surface area contributed by atoms with Crippen molar-refractivity contribution in [1.29, 1.82) is 0 Å². The maximum atomic E-state index is 11.5. The van der Waals surface area contributed by atoms with Crippen LogP contribution in [0.1, 0.15) is 16.8 Å². The minimum atomic E-state index is -0.149. The van der Waals surface area contributed by atoms with Gasteiger partial charge in [0.2, 0.25) is 0 Å². The van der Waals surface area contributed by atoms with Crippen LogP contribution in [0.2, 0.25) is 5.02 Å². The summed E-state index contributed by atoms with van der Waals surface area (Å²) in [6, 6.07) is 5.19. The maximum Gasteiger partial charge on any atom is 0.251 e. The van der Waals surface area contributed by atoms with Crippen LogP contribution in [0.15, 0.2) is 18.2 Å². The van der Waals surface area contributed by atoms with Crippen molar-refractivity contribution in [2.75, 3.05) is 6.54 Å². The molecule has 0 heterocycles. The summed E-state index contributed by atoms with van der Waals surface area (Å²) in [5.41, 5.74) is 0.553. The number of terminal acetylenes is 1. The van der Waals surface area contributed by atoms with Crippen LogP contribution in [0.4, 0.5) is 0 Å². The fourth-order valence-electron chi connectivity index (χ4n) is 0.988. The van der Waals surface area contributed by atoms with E-state index in [2.05, 4.69) is 33.8 Å². The zero-order valence-corrected chi connectivity index (χ0v) is 10.8. The molecule has 2 nitrogen and oxygen atoms in total. The Morgan fingerprint density at radius 2 is 2.33 bits per heavy atom. The fourth-order valence-corrected chi connectivity index (χ4v) is 1.50. The summed E-state index contributed by atoms with van der Waals surface area (Å²) in [7, 11) is 0. The maximum absolute atomic E-state index is 11.5. The van der Waals surface area contributed by atoms with Crippen molar-refractivity contribution in [2.24, 2.45) is 0 Å². The molecule has 78 valence electrons. The van der Waals surface area contributed by atoms with Gasteiger partial charge in [-0.1, -0.05) is 11.6 Å². The van der Waals surface area contributed by atoms with Crippen molar-refractivity contribution < 1.29 is 4.79 Å². The minimum Gasteiger partial charge on any atom is -0.351 e. The quantitative estimate of drug-likeness (QED) is 0.514. The third-order valence-electron chi connectivity index (χ3n) is 1.74. The van der Waals surface area contributed by atoms with E-state index in [0.29, 0.717) is 23.6 Å². The zero-order chi connectivity index (χ0) is 11.3. The van der Waals surface area contributed by atoms with Crippen molar-refractivity contribution >= 4 is 40.1 Å². The first-order chi connectivity index (χ1) is 7.15. The summed E-state index contributed by atoms with van der Waals surface area (Å²) < 4.78 is 0.925. The van der Waals surface area contributed by atoms with E-state index in [9.17, 15) is 4.79 Å². The lowest BCUT2D eigenvalue weighted by atomic mass is 10.2. The Morgan fingerprint density at radius 1 is 1.60 bits per heavy atom. The van der Waals surface area contributed by atoms with Gasteiger partial charge in [-0.2, -0.15) is 0 Å². The smallest absolute Gasteiger partial charge is 0.251 e. The molecule has 0 aromatic heterocycles. The number of hydrogen-bond acceptors (Lipinski definition) is 1. The predicted molar refractivity (Wildman–Crippen MR) is 70.0 cm³/mol. The van der Waals surface area contributed by atoms with Gasteiger partial charge < -0.3 is 5.32 Å². The highest BCUT2D eigenvalue weighted by Crippen LogP contribution is 2.19. The summed E-state index contributed by atoms with van der Waals surface area (Å²) in [6.45, 7) is 0.485. The summed E-state index contributed by atoms with van der Waals surface area (Å²) >= 11 is 8.01. The molecule has 0 aliphatic rings. The Hall–Kier alpha value is -0.730. The molecule has 0 bridgehead atoms. The highest BCUT2D eigenvalue weighted by Gasteiger charge is 2.06. The monoisotopic (exact) mass is 333 g/mol. The van der Waals surface area contributed by atoms with Crippen LogP contribution in [-0.4, -0.2) is 12.5 Å². The third-order valence-corrected chi connectivity index (χ3v) is 3.31. The lowest BCUT2D eigenvalue weighted by molar-refractivity contribution is 0.0954. The SMILES string of the molecule is C#CCCNC(=O)c1ccc(I)c(Cl)c1. The van der Waals surface area contributed by atoms with Crippen LogP contribution < -0.4 is 5.32 Å². The van der Waals surface area contributed by atoms with Crippen molar-refractivity contribution in [2.45, 2.75) is 6.42 Å². The molecule has 1 rings (SSSR count). The van der Waals surface area contributed by atoms with E-state index in [1.54, 1.807) is 18.2 Å². The van der Waals surface area contributed by atoms with Crippen molar-refractivity contribution in [3.8, 4) is 12.3 Å². The van der Waals surface area contributed by atoms with E-state index in [0.717, 1.165) is 3.57 Å². The van der Waals surface area contributed by atoms with Gasteiger partial charge in [0.25, 0.3) is 5.91 Å². The molecular weight excluding hydrogens is 324 g/mol. The van der Waals surface area contributed by atoms with E-state index >= 15 is 0 Å². The lowest BCUT2D eigenvalue weighted by Gasteiger charge is -2.04. The van der Waals surface area contributed by atoms with Crippen LogP contribution in [0, 0.1) is 15.9 Å². The number of hydrogen-bond donors (Lipinski definition) is 1. The van der Waals surface area contributed by atoms with Crippen molar-refractivity contribution in [1.82, 2.24) is 5.32 Å². The highest BCUT2D eigenvalue weighted by molar-refractivity contribution is 14.1. The molecule has 4 heteroatoms. The van der Waals surface area contributed by atoms with Gasteiger partial charge in [-0.05, 0) is 40.8 Å². The molecular formula is C11H9ClINO. The van der Waals surface area contributed by atoms with E-state index < -0.39 is 0 Å². The summed E-state index contributed by atoms with van der Waals surface area (Å²) in [6.07, 6.45) is 5.61. The molecule has 0 fully saturated rings. The molecule has 1 aromatic carbocycles. The summed E-state index contributed by atoms with van der Waals surface area (Å²) in [5, 5.41) is 3.29. The van der Waals surface area contributed by atoms with E-state index in [1.807, 2.05) is 0 Å². The molecule has 0 spiro atoms. The molecule has 1 amide bonds. The van der Waals surface area contributed by atoms with Gasteiger partial charge in [0.05, 0.1) is 5.02 Å². The van der Waals surface area contributed by atoms with Crippen molar-refractivity contribution in [3.63, 3.8) is 0 Å². The lowest BCUT2D eigenvalue weighted by Crippen LogP contribution is -2.24. The topological polar surface area (TPSA) is 29.1 Å². The van der Waals surface area contributed by atoms with Gasteiger partial charge in [0.1, 0.15) is 0 Å². The van der Waals surface area contributed by atoms with Gasteiger partial charge in [0.15, 0.2) is 0 Å². The summed E-state index contributed by atoms with van der Waals surface area (Å²) in [4.78, 5) is 11.5. The van der Waals surface area contributed by atoms with Crippen LogP contribution >= 0.6 is 34.2 Å².